The van der Waals surface area contributed by atoms with E-state index in [4.69, 9.17) is 5.26 Å². The van der Waals surface area contributed by atoms with Crippen LogP contribution in [-0.4, -0.2) is 22.0 Å². The fourth-order valence-corrected chi connectivity index (χ4v) is 2.99. The van der Waals surface area contributed by atoms with E-state index in [1.165, 1.54) is 6.20 Å². The summed E-state index contributed by atoms with van der Waals surface area (Å²) in [5, 5.41) is 15.2. The summed E-state index contributed by atoms with van der Waals surface area (Å²) in [4.78, 5) is 25.6. The first-order chi connectivity index (χ1) is 8.68. The van der Waals surface area contributed by atoms with E-state index >= 15 is 0 Å². The van der Waals surface area contributed by atoms with Gasteiger partial charge in [0.1, 0.15) is 11.6 Å². The normalized spacial score (nSPS) is 21.8. The van der Waals surface area contributed by atoms with Crippen LogP contribution in [0.5, 0.6) is 0 Å². The number of rotatable bonds is 1. The van der Waals surface area contributed by atoms with E-state index in [2.05, 4.69) is 10.2 Å². The predicted octanol–water partition coefficient (Wildman–Crippen LogP) is 1.11. The Labute approximate surface area is 104 Å². The van der Waals surface area contributed by atoms with Gasteiger partial charge in [-0.25, -0.2) is 4.90 Å². The highest BCUT2D eigenvalue weighted by Crippen LogP contribution is 2.47. The Hall–Kier alpha value is -2.16. The molecule has 0 aromatic carbocycles. The first kappa shape index (κ1) is 11.0. The van der Waals surface area contributed by atoms with Crippen molar-refractivity contribution >= 4 is 17.6 Å². The van der Waals surface area contributed by atoms with Crippen molar-refractivity contribution < 1.29 is 9.59 Å². The van der Waals surface area contributed by atoms with Gasteiger partial charge in [-0.15, -0.1) is 0 Å². The Morgan fingerprint density at radius 2 is 2.11 bits per heavy atom. The lowest BCUT2D eigenvalue weighted by atomic mass is 9.84. The number of anilines is 1. The lowest BCUT2D eigenvalue weighted by molar-refractivity contribution is -0.125. The lowest BCUT2D eigenvalue weighted by Gasteiger charge is -2.19. The summed E-state index contributed by atoms with van der Waals surface area (Å²) in [6, 6.07) is 1.93. The van der Waals surface area contributed by atoms with Crippen molar-refractivity contribution in [3.63, 3.8) is 0 Å². The number of carbonyl (C=O) groups is 2. The molecule has 1 spiro atoms. The Morgan fingerprint density at radius 3 is 2.78 bits per heavy atom. The van der Waals surface area contributed by atoms with Crippen molar-refractivity contribution in [1.29, 1.82) is 5.26 Å². The summed E-state index contributed by atoms with van der Waals surface area (Å²) < 4.78 is 0. The Morgan fingerprint density at radius 1 is 1.39 bits per heavy atom. The maximum absolute atomic E-state index is 12.5. The van der Waals surface area contributed by atoms with Gasteiger partial charge in [0, 0.05) is 6.42 Å². The molecule has 92 valence electrons. The molecule has 3 rings (SSSR count). The number of imide groups is 1. The quantitative estimate of drug-likeness (QED) is 0.749. The molecule has 0 unspecified atom stereocenters. The van der Waals surface area contributed by atoms with Crippen LogP contribution in [0.3, 0.4) is 0 Å². The highest BCUT2D eigenvalue weighted by atomic mass is 16.2. The Balaban J connectivity index is 2.02. The van der Waals surface area contributed by atoms with Crippen LogP contribution in [0, 0.1) is 16.7 Å². The second-order valence-corrected chi connectivity index (χ2v) is 4.94. The van der Waals surface area contributed by atoms with E-state index in [0.29, 0.717) is 0 Å². The fraction of sp³-hybridized carbons (Fsp3) is 0.500. The summed E-state index contributed by atoms with van der Waals surface area (Å²) in [6.45, 7) is 0. The topological polar surface area (TPSA) is 89.8 Å². The second-order valence-electron chi connectivity index (χ2n) is 4.94. The van der Waals surface area contributed by atoms with Crippen LogP contribution in [0.25, 0.3) is 0 Å². The van der Waals surface area contributed by atoms with Crippen LogP contribution < -0.4 is 4.90 Å². The molecule has 1 aliphatic carbocycles. The van der Waals surface area contributed by atoms with E-state index in [1.54, 1.807) is 0 Å². The van der Waals surface area contributed by atoms with Gasteiger partial charge in [-0.1, -0.05) is 12.8 Å². The third kappa shape index (κ3) is 1.30. The van der Waals surface area contributed by atoms with Gasteiger partial charge in [0.25, 0.3) is 0 Å². The highest BCUT2D eigenvalue weighted by Gasteiger charge is 2.53. The summed E-state index contributed by atoms with van der Waals surface area (Å²) in [5.74, 6) is -0.190. The number of carbonyl (C=O) groups excluding carboxylic acids is 2. The van der Waals surface area contributed by atoms with Crippen LogP contribution in [0.2, 0.25) is 0 Å². The van der Waals surface area contributed by atoms with Crippen LogP contribution in [0.1, 0.15) is 37.7 Å². The molecule has 0 radical (unpaired) electrons. The Bertz CT molecular complexity index is 563. The number of amides is 2. The van der Waals surface area contributed by atoms with Crippen LogP contribution in [0.4, 0.5) is 5.82 Å². The molecule has 6 nitrogen and oxygen atoms in total. The second kappa shape index (κ2) is 3.67. The zero-order chi connectivity index (χ0) is 12.8. The molecule has 18 heavy (non-hydrogen) atoms. The molecule has 1 N–H and O–H groups in total. The number of hydrogen-bond acceptors (Lipinski definition) is 4. The molecule has 1 saturated heterocycles. The minimum absolute atomic E-state index is 0.175. The van der Waals surface area contributed by atoms with Crippen molar-refractivity contribution in [2.75, 3.05) is 4.90 Å². The molecule has 2 aliphatic rings. The van der Waals surface area contributed by atoms with Gasteiger partial charge in [0.2, 0.25) is 11.8 Å². The number of nitrogens with zero attached hydrogens (tertiary/aromatic N) is 3. The van der Waals surface area contributed by atoms with Crippen molar-refractivity contribution in [3.05, 3.63) is 11.8 Å². The van der Waals surface area contributed by atoms with Gasteiger partial charge in [-0.3, -0.25) is 14.7 Å². The largest absolute Gasteiger partial charge is 0.274 e. The SMILES string of the molecule is N#Cc1cn[nH]c1N1C(=O)CC2(CCCC2)C1=O. The maximum Gasteiger partial charge on any atom is 0.241 e. The summed E-state index contributed by atoms with van der Waals surface area (Å²) in [7, 11) is 0. The zero-order valence-electron chi connectivity index (χ0n) is 9.77. The third-order valence-corrected chi connectivity index (χ3v) is 3.92. The van der Waals surface area contributed by atoms with Gasteiger partial charge in [-0.2, -0.15) is 10.4 Å². The van der Waals surface area contributed by atoms with Gasteiger partial charge in [-0.05, 0) is 12.8 Å². The first-order valence-corrected chi connectivity index (χ1v) is 5.99. The van der Waals surface area contributed by atoms with E-state index in [9.17, 15) is 9.59 Å². The molecule has 2 fully saturated rings. The van der Waals surface area contributed by atoms with Crippen LogP contribution in [-0.2, 0) is 9.59 Å². The van der Waals surface area contributed by atoms with E-state index < -0.39 is 5.41 Å². The van der Waals surface area contributed by atoms with Crippen molar-refractivity contribution in [2.45, 2.75) is 32.1 Å². The smallest absolute Gasteiger partial charge is 0.241 e. The molecule has 1 aromatic rings. The number of hydrogen-bond donors (Lipinski definition) is 1. The van der Waals surface area contributed by atoms with Crippen molar-refractivity contribution in [3.8, 4) is 6.07 Å². The summed E-state index contributed by atoms with van der Waals surface area (Å²) >= 11 is 0. The fourth-order valence-electron chi connectivity index (χ4n) is 2.99. The van der Waals surface area contributed by atoms with E-state index in [1.807, 2.05) is 6.07 Å². The van der Waals surface area contributed by atoms with Crippen LogP contribution >= 0.6 is 0 Å². The average molecular weight is 244 g/mol. The number of aromatic nitrogens is 2. The molecule has 1 saturated carbocycles. The van der Waals surface area contributed by atoms with Gasteiger partial charge < -0.3 is 0 Å². The third-order valence-electron chi connectivity index (χ3n) is 3.92. The number of H-pyrrole nitrogens is 1. The molecule has 1 aliphatic heterocycles. The predicted molar refractivity (Wildman–Crippen MR) is 61.3 cm³/mol. The van der Waals surface area contributed by atoms with E-state index in [-0.39, 0.29) is 29.6 Å². The maximum atomic E-state index is 12.5. The van der Waals surface area contributed by atoms with E-state index in [0.717, 1.165) is 30.6 Å². The Kier molecular flexibility index (Phi) is 2.23. The van der Waals surface area contributed by atoms with Crippen molar-refractivity contribution in [2.24, 2.45) is 5.41 Å². The summed E-state index contributed by atoms with van der Waals surface area (Å²) in [5.41, 5.74) is -0.290. The molecular weight excluding hydrogens is 232 g/mol. The van der Waals surface area contributed by atoms with Crippen molar-refractivity contribution in [1.82, 2.24) is 10.2 Å². The van der Waals surface area contributed by atoms with Gasteiger partial charge >= 0.3 is 0 Å². The molecule has 2 amide bonds. The van der Waals surface area contributed by atoms with Gasteiger partial charge in [0.05, 0.1) is 11.6 Å². The standard InChI is InChI=1S/C12H12N4O2/c13-6-8-7-14-15-10(8)16-9(17)5-12(11(16)18)3-1-2-4-12/h7H,1-5H2,(H,14,15). The minimum atomic E-state index is -0.519. The molecule has 6 heteroatoms. The lowest BCUT2D eigenvalue weighted by Crippen LogP contribution is -2.35. The van der Waals surface area contributed by atoms with Gasteiger partial charge in [0.15, 0.2) is 5.82 Å². The van der Waals surface area contributed by atoms with Crippen LogP contribution in [0.15, 0.2) is 6.20 Å². The zero-order valence-corrected chi connectivity index (χ0v) is 9.77. The molecule has 2 heterocycles. The highest BCUT2D eigenvalue weighted by molar-refractivity contribution is 6.22. The minimum Gasteiger partial charge on any atom is -0.274 e. The molecule has 0 bridgehead atoms. The monoisotopic (exact) mass is 244 g/mol. The first-order valence-electron chi connectivity index (χ1n) is 5.99. The number of aromatic amines is 1. The molecular formula is C12H12N4O2. The molecule has 1 aromatic heterocycles. The average Bonchev–Trinajstić information content (AvgIpc) is 3.02. The number of nitrogens with one attached hydrogen (secondary N) is 1. The summed E-state index contributed by atoms with van der Waals surface area (Å²) in [6.07, 6.45) is 5.10. The number of nitriles is 1. The molecule has 0 atom stereocenters.